The lowest BCUT2D eigenvalue weighted by Gasteiger charge is -2.11. The fourth-order valence-corrected chi connectivity index (χ4v) is 0.824. The number of hydrogen-bond acceptors (Lipinski definition) is 3. The summed E-state index contributed by atoms with van der Waals surface area (Å²) in [6.07, 6.45) is 2.20. The standard InChI is InChI=1S/C6H15BO3/c1-3-6(10-2)4-5-7(8)9/h6,8-9H,3-5H2,1-2H3. The van der Waals surface area contributed by atoms with Crippen LogP contribution in [0.4, 0.5) is 0 Å². The van der Waals surface area contributed by atoms with E-state index >= 15 is 0 Å². The van der Waals surface area contributed by atoms with Crippen LogP contribution in [0.25, 0.3) is 0 Å². The third-order valence-corrected chi connectivity index (χ3v) is 1.54. The molecule has 0 aromatic carbocycles. The molecule has 1 atom stereocenters. The molecule has 0 saturated heterocycles. The van der Waals surface area contributed by atoms with Crippen LogP contribution in [0, 0.1) is 0 Å². The Labute approximate surface area is 62.2 Å². The Balaban J connectivity index is 3.26. The molecule has 0 aliphatic heterocycles. The van der Waals surface area contributed by atoms with Crippen molar-refractivity contribution in [3.05, 3.63) is 0 Å². The molecule has 0 saturated carbocycles. The minimum absolute atomic E-state index is 0.168. The van der Waals surface area contributed by atoms with Crippen molar-refractivity contribution >= 4 is 7.12 Å². The summed E-state index contributed by atoms with van der Waals surface area (Å²) < 4.78 is 5.03. The van der Waals surface area contributed by atoms with Gasteiger partial charge < -0.3 is 14.8 Å². The number of ether oxygens (including phenoxy) is 1. The van der Waals surface area contributed by atoms with Gasteiger partial charge in [0, 0.05) is 7.11 Å². The normalized spacial score (nSPS) is 13.2. The lowest BCUT2D eigenvalue weighted by Crippen LogP contribution is -2.16. The number of hydrogen-bond donors (Lipinski definition) is 2. The van der Waals surface area contributed by atoms with E-state index in [-0.39, 0.29) is 6.10 Å². The first-order valence-electron chi connectivity index (χ1n) is 3.59. The maximum atomic E-state index is 8.49. The average molecular weight is 146 g/mol. The van der Waals surface area contributed by atoms with Crippen LogP contribution < -0.4 is 0 Å². The summed E-state index contributed by atoms with van der Waals surface area (Å²) in [5.74, 6) is 0. The van der Waals surface area contributed by atoms with E-state index < -0.39 is 7.12 Å². The Hall–Kier alpha value is -0.0551. The largest absolute Gasteiger partial charge is 0.451 e. The maximum absolute atomic E-state index is 8.49. The summed E-state index contributed by atoms with van der Waals surface area (Å²) in [6, 6.07) is 0. The van der Waals surface area contributed by atoms with E-state index in [1.54, 1.807) is 7.11 Å². The average Bonchev–Trinajstić information content (AvgIpc) is 1.90. The molecule has 0 amide bonds. The fourth-order valence-electron chi connectivity index (χ4n) is 0.824. The van der Waals surface area contributed by atoms with Crippen LogP contribution >= 0.6 is 0 Å². The number of methoxy groups -OCH3 is 1. The quantitative estimate of drug-likeness (QED) is 0.547. The van der Waals surface area contributed by atoms with Gasteiger partial charge in [0.1, 0.15) is 0 Å². The highest BCUT2D eigenvalue weighted by Crippen LogP contribution is 2.05. The van der Waals surface area contributed by atoms with Crippen LogP contribution in [-0.2, 0) is 4.74 Å². The van der Waals surface area contributed by atoms with Gasteiger partial charge in [0.25, 0.3) is 0 Å². The summed E-state index contributed by atoms with van der Waals surface area (Å²) in [4.78, 5) is 0. The smallest absolute Gasteiger partial charge is 0.427 e. The molecule has 0 bridgehead atoms. The first kappa shape index (κ1) is 9.94. The second-order valence-corrected chi connectivity index (χ2v) is 2.32. The van der Waals surface area contributed by atoms with E-state index in [9.17, 15) is 0 Å². The van der Waals surface area contributed by atoms with E-state index in [1.165, 1.54) is 0 Å². The van der Waals surface area contributed by atoms with Gasteiger partial charge in [0.05, 0.1) is 6.10 Å². The van der Waals surface area contributed by atoms with E-state index in [0.717, 1.165) is 6.42 Å². The third-order valence-electron chi connectivity index (χ3n) is 1.54. The molecule has 3 nitrogen and oxygen atoms in total. The predicted octanol–water partition coefficient (Wildman–Crippen LogP) is 0.274. The molecule has 2 N–H and O–H groups in total. The molecule has 0 radical (unpaired) electrons. The first-order valence-corrected chi connectivity index (χ1v) is 3.59. The van der Waals surface area contributed by atoms with Crippen molar-refractivity contribution in [2.24, 2.45) is 0 Å². The van der Waals surface area contributed by atoms with Gasteiger partial charge in [-0.2, -0.15) is 0 Å². The van der Waals surface area contributed by atoms with Gasteiger partial charge in [-0.05, 0) is 19.2 Å². The van der Waals surface area contributed by atoms with E-state index in [2.05, 4.69) is 0 Å². The zero-order valence-electron chi connectivity index (χ0n) is 6.58. The molecule has 1 unspecified atom stereocenters. The van der Waals surface area contributed by atoms with E-state index in [4.69, 9.17) is 14.8 Å². The Kier molecular flexibility index (Phi) is 5.68. The van der Waals surface area contributed by atoms with Gasteiger partial charge in [0.2, 0.25) is 0 Å². The summed E-state index contributed by atoms with van der Waals surface area (Å²) in [7, 11) is 0.446. The molecule has 10 heavy (non-hydrogen) atoms. The highest BCUT2D eigenvalue weighted by molar-refractivity contribution is 6.40. The van der Waals surface area contributed by atoms with Crippen molar-refractivity contribution in [3.8, 4) is 0 Å². The van der Waals surface area contributed by atoms with Gasteiger partial charge >= 0.3 is 7.12 Å². The topological polar surface area (TPSA) is 49.7 Å². The molecule has 0 aliphatic rings. The van der Waals surface area contributed by atoms with Crippen LogP contribution in [0.5, 0.6) is 0 Å². The molecule has 0 aromatic heterocycles. The zero-order valence-corrected chi connectivity index (χ0v) is 6.58. The van der Waals surface area contributed by atoms with Gasteiger partial charge in [0.15, 0.2) is 0 Å². The van der Waals surface area contributed by atoms with Crippen molar-refractivity contribution in [2.75, 3.05) is 7.11 Å². The first-order chi connectivity index (χ1) is 4.70. The molecular formula is C6H15BO3. The van der Waals surface area contributed by atoms with Crippen molar-refractivity contribution in [2.45, 2.75) is 32.2 Å². The molecular weight excluding hydrogens is 131 g/mol. The summed E-state index contributed by atoms with van der Waals surface area (Å²) in [6.45, 7) is 2.01. The SMILES string of the molecule is CCC(CCB(O)O)OC. The second-order valence-electron chi connectivity index (χ2n) is 2.32. The second kappa shape index (κ2) is 5.71. The molecule has 0 aliphatic carbocycles. The lowest BCUT2D eigenvalue weighted by molar-refractivity contribution is 0.0948. The van der Waals surface area contributed by atoms with Crippen molar-refractivity contribution in [3.63, 3.8) is 0 Å². The van der Waals surface area contributed by atoms with Gasteiger partial charge in [-0.15, -0.1) is 0 Å². The highest BCUT2D eigenvalue weighted by Gasteiger charge is 2.10. The van der Waals surface area contributed by atoms with Crippen LogP contribution in [0.1, 0.15) is 19.8 Å². The maximum Gasteiger partial charge on any atom is 0.451 e. The van der Waals surface area contributed by atoms with Gasteiger partial charge in [-0.3, -0.25) is 0 Å². The van der Waals surface area contributed by atoms with Crippen LogP contribution in [-0.4, -0.2) is 30.4 Å². The molecule has 0 spiro atoms. The molecule has 60 valence electrons. The lowest BCUT2D eigenvalue weighted by atomic mass is 9.83. The molecule has 0 heterocycles. The predicted molar refractivity (Wildman–Crippen MR) is 40.7 cm³/mol. The van der Waals surface area contributed by atoms with Crippen LogP contribution in [0.3, 0.4) is 0 Å². The summed E-state index contributed by atoms with van der Waals surface area (Å²) in [5, 5.41) is 17.0. The van der Waals surface area contributed by atoms with Gasteiger partial charge in [-0.1, -0.05) is 6.92 Å². The Morgan fingerprint density at radius 1 is 1.50 bits per heavy atom. The Bertz CT molecular complexity index is 73.4. The molecule has 0 rings (SSSR count). The monoisotopic (exact) mass is 146 g/mol. The third kappa shape index (κ3) is 4.79. The van der Waals surface area contributed by atoms with Gasteiger partial charge in [-0.25, -0.2) is 0 Å². The Morgan fingerprint density at radius 3 is 2.40 bits per heavy atom. The van der Waals surface area contributed by atoms with Crippen molar-refractivity contribution in [1.29, 1.82) is 0 Å². The minimum atomic E-state index is -1.19. The van der Waals surface area contributed by atoms with Crippen LogP contribution in [0.15, 0.2) is 0 Å². The minimum Gasteiger partial charge on any atom is -0.427 e. The van der Waals surface area contributed by atoms with Crippen molar-refractivity contribution in [1.82, 2.24) is 0 Å². The molecule has 0 aromatic rings. The van der Waals surface area contributed by atoms with E-state index in [0.29, 0.717) is 12.7 Å². The van der Waals surface area contributed by atoms with Crippen LogP contribution in [0.2, 0.25) is 6.32 Å². The highest BCUT2D eigenvalue weighted by atomic mass is 16.5. The molecule has 4 heteroatoms. The zero-order chi connectivity index (χ0) is 7.98. The van der Waals surface area contributed by atoms with Crippen molar-refractivity contribution < 1.29 is 14.8 Å². The number of rotatable bonds is 5. The van der Waals surface area contributed by atoms with E-state index in [1.807, 2.05) is 6.92 Å². The summed E-state index contributed by atoms with van der Waals surface area (Å²) >= 11 is 0. The molecule has 0 fully saturated rings. The summed E-state index contributed by atoms with van der Waals surface area (Å²) in [5.41, 5.74) is 0. The fraction of sp³-hybridized carbons (Fsp3) is 1.00. The Morgan fingerprint density at radius 2 is 2.10 bits per heavy atom.